The first kappa shape index (κ1) is 9.73. The molecule has 0 saturated carbocycles. The van der Waals surface area contributed by atoms with Gasteiger partial charge in [0.05, 0.1) is 22.9 Å². The van der Waals surface area contributed by atoms with Gasteiger partial charge in [-0.1, -0.05) is 36.5 Å². The molecule has 1 aromatic heterocycles. The van der Waals surface area contributed by atoms with Gasteiger partial charge in [-0.05, 0) is 12.1 Å². The summed E-state index contributed by atoms with van der Waals surface area (Å²) in [6.07, 6.45) is 1.63. The number of nitrogens with zero attached hydrogens (tertiary/aromatic N) is 2. The molecule has 1 N–H and O–H groups in total. The molecule has 0 radical (unpaired) electrons. The fourth-order valence-corrected chi connectivity index (χ4v) is 1.35. The Balaban J connectivity index is 2.34. The van der Waals surface area contributed by atoms with Crippen LogP contribution in [-0.4, -0.2) is 16.7 Å². The Kier molecular flexibility index (Phi) is 2.99. The van der Waals surface area contributed by atoms with Crippen LogP contribution >= 0.6 is 12.2 Å². The van der Waals surface area contributed by atoms with Gasteiger partial charge in [0.25, 0.3) is 0 Å². The molecule has 0 atom stereocenters. The minimum absolute atomic E-state index is 0.804. The molecule has 0 aliphatic rings. The van der Waals surface area contributed by atoms with Crippen molar-refractivity contribution in [2.75, 3.05) is 0 Å². The summed E-state index contributed by atoms with van der Waals surface area (Å²) in [6.45, 7) is 0. The van der Waals surface area contributed by atoms with Gasteiger partial charge in [0, 0.05) is 5.39 Å². The molecule has 0 unspecified atom stereocenters. The van der Waals surface area contributed by atoms with Crippen LogP contribution in [0.15, 0.2) is 41.5 Å². The third-order valence-corrected chi connectivity index (χ3v) is 2.05. The minimum Gasteiger partial charge on any atom is -0.275 e. The number of hydrazone groups is 1. The lowest BCUT2D eigenvalue weighted by Crippen LogP contribution is -1.99. The Morgan fingerprint density at radius 1 is 1.20 bits per heavy atom. The van der Waals surface area contributed by atoms with Gasteiger partial charge in [0.1, 0.15) is 0 Å². The Hall–Kier alpha value is -1.81. The summed E-state index contributed by atoms with van der Waals surface area (Å²) in [5.41, 5.74) is 5.67. The van der Waals surface area contributed by atoms with E-state index in [4.69, 9.17) is 0 Å². The van der Waals surface area contributed by atoms with E-state index in [9.17, 15) is 0 Å². The summed E-state index contributed by atoms with van der Waals surface area (Å²) in [5, 5.41) is 4.99. The van der Waals surface area contributed by atoms with Crippen molar-refractivity contribution in [2.24, 2.45) is 5.10 Å². The number of benzene rings is 1. The Morgan fingerprint density at radius 2 is 2.07 bits per heavy atom. The molecule has 0 saturated heterocycles. The molecule has 0 amide bonds. The summed E-state index contributed by atoms with van der Waals surface area (Å²) >= 11 is 4.57. The molecule has 0 aliphatic heterocycles. The zero-order valence-corrected chi connectivity index (χ0v) is 8.74. The molecule has 0 bridgehead atoms. The standard InChI is InChI=1S/C11H9N3S/c15-8-13-12-7-10-6-5-9-3-1-2-4-11(9)14-10/h1-8H,(H,13,15). The highest BCUT2D eigenvalue weighted by Gasteiger charge is 1.94. The van der Waals surface area contributed by atoms with Crippen molar-refractivity contribution in [3.05, 3.63) is 42.1 Å². The molecule has 74 valence electrons. The summed E-state index contributed by atoms with van der Waals surface area (Å²) in [4.78, 5) is 4.41. The summed E-state index contributed by atoms with van der Waals surface area (Å²) in [5.74, 6) is 0. The normalized spacial score (nSPS) is 10.7. The second-order valence-corrected chi connectivity index (χ2v) is 3.17. The molecule has 1 aromatic carbocycles. The van der Waals surface area contributed by atoms with Crippen molar-refractivity contribution in [2.45, 2.75) is 0 Å². The van der Waals surface area contributed by atoms with E-state index in [0.29, 0.717) is 0 Å². The topological polar surface area (TPSA) is 37.3 Å². The lowest BCUT2D eigenvalue weighted by atomic mass is 10.2. The molecule has 0 aliphatic carbocycles. The van der Waals surface area contributed by atoms with E-state index in [1.54, 1.807) is 6.21 Å². The van der Waals surface area contributed by atoms with Gasteiger partial charge in [0.2, 0.25) is 0 Å². The average molecular weight is 215 g/mol. The first-order valence-electron chi connectivity index (χ1n) is 4.48. The molecular weight excluding hydrogens is 206 g/mol. The van der Waals surface area contributed by atoms with E-state index >= 15 is 0 Å². The van der Waals surface area contributed by atoms with Crippen LogP contribution < -0.4 is 5.43 Å². The van der Waals surface area contributed by atoms with Crippen LogP contribution in [0.3, 0.4) is 0 Å². The zero-order valence-electron chi connectivity index (χ0n) is 7.92. The van der Waals surface area contributed by atoms with Gasteiger partial charge in [-0.25, -0.2) is 4.98 Å². The number of thiocarbonyl (C=S) groups is 1. The molecule has 4 heteroatoms. The maximum absolute atomic E-state index is 4.57. The number of aromatic nitrogens is 1. The zero-order chi connectivity index (χ0) is 10.5. The smallest absolute Gasteiger partial charge is 0.0838 e. The van der Waals surface area contributed by atoms with Gasteiger partial charge in [0.15, 0.2) is 0 Å². The highest BCUT2D eigenvalue weighted by Crippen LogP contribution is 2.10. The summed E-state index contributed by atoms with van der Waals surface area (Å²) in [7, 11) is 0. The van der Waals surface area contributed by atoms with Gasteiger partial charge in [-0.15, -0.1) is 0 Å². The van der Waals surface area contributed by atoms with Crippen molar-refractivity contribution in [3.8, 4) is 0 Å². The lowest BCUT2D eigenvalue weighted by molar-refractivity contribution is 1.08. The number of hydrogen-bond acceptors (Lipinski definition) is 3. The summed E-state index contributed by atoms with van der Waals surface area (Å²) in [6, 6.07) is 11.9. The fourth-order valence-electron chi connectivity index (χ4n) is 1.29. The third-order valence-electron chi connectivity index (χ3n) is 1.94. The van der Waals surface area contributed by atoms with E-state index < -0.39 is 0 Å². The van der Waals surface area contributed by atoms with Crippen molar-refractivity contribution >= 4 is 34.8 Å². The van der Waals surface area contributed by atoms with Crippen LogP contribution in [0.2, 0.25) is 0 Å². The third kappa shape index (κ3) is 2.35. The Labute approximate surface area is 92.8 Å². The molecule has 15 heavy (non-hydrogen) atoms. The molecule has 3 nitrogen and oxygen atoms in total. The second kappa shape index (κ2) is 4.61. The average Bonchev–Trinajstić information content (AvgIpc) is 2.29. The SMILES string of the molecule is S=CNN=Cc1ccc2ccccc2n1. The van der Waals surface area contributed by atoms with Gasteiger partial charge >= 0.3 is 0 Å². The van der Waals surface area contributed by atoms with Crippen LogP contribution in [0.4, 0.5) is 0 Å². The van der Waals surface area contributed by atoms with Crippen LogP contribution in [0.5, 0.6) is 0 Å². The maximum atomic E-state index is 4.57. The number of hydrogen-bond donors (Lipinski definition) is 1. The predicted octanol–water partition coefficient (Wildman–Crippen LogP) is 2.12. The Bertz CT molecular complexity index is 508. The number of rotatable bonds is 3. The first-order chi connectivity index (χ1) is 7.40. The second-order valence-electron chi connectivity index (χ2n) is 2.93. The first-order valence-corrected chi connectivity index (χ1v) is 4.95. The number of fused-ring (bicyclic) bond motifs is 1. The van der Waals surface area contributed by atoms with Gasteiger partial charge < -0.3 is 0 Å². The summed E-state index contributed by atoms with van der Waals surface area (Å²) < 4.78 is 0. The molecule has 0 spiro atoms. The predicted molar refractivity (Wildman–Crippen MR) is 66.1 cm³/mol. The highest BCUT2D eigenvalue weighted by molar-refractivity contribution is 7.78. The minimum atomic E-state index is 0.804. The van der Waals surface area contributed by atoms with Crippen molar-refractivity contribution in [1.82, 2.24) is 10.4 Å². The van der Waals surface area contributed by atoms with Gasteiger partial charge in [-0.2, -0.15) is 5.10 Å². The molecular formula is C11H9N3S. The fraction of sp³-hybridized carbons (Fsp3) is 0. The quantitative estimate of drug-likeness (QED) is 0.484. The molecule has 2 rings (SSSR count). The van der Waals surface area contributed by atoms with E-state index in [1.165, 1.54) is 5.49 Å². The molecule has 1 heterocycles. The molecule has 0 fully saturated rings. The van der Waals surface area contributed by atoms with E-state index in [2.05, 4.69) is 27.7 Å². The number of nitrogens with one attached hydrogen (secondary N) is 1. The van der Waals surface area contributed by atoms with Crippen molar-refractivity contribution in [1.29, 1.82) is 0 Å². The van der Waals surface area contributed by atoms with Crippen LogP contribution in [-0.2, 0) is 0 Å². The van der Waals surface area contributed by atoms with E-state index in [1.807, 2.05) is 36.4 Å². The largest absolute Gasteiger partial charge is 0.275 e. The number of pyridine rings is 1. The van der Waals surface area contributed by atoms with Crippen LogP contribution in [0.25, 0.3) is 10.9 Å². The monoisotopic (exact) mass is 215 g/mol. The van der Waals surface area contributed by atoms with Crippen LogP contribution in [0.1, 0.15) is 5.69 Å². The van der Waals surface area contributed by atoms with Gasteiger partial charge in [-0.3, -0.25) is 5.43 Å². The lowest BCUT2D eigenvalue weighted by Gasteiger charge is -1.97. The Morgan fingerprint density at radius 3 is 2.93 bits per heavy atom. The maximum Gasteiger partial charge on any atom is 0.0838 e. The van der Waals surface area contributed by atoms with Crippen LogP contribution in [0, 0.1) is 0 Å². The van der Waals surface area contributed by atoms with E-state index in [0.717, 1.165) is 16.6 Å². The van der Waals surface area contributed by atoms with E-state index in [-0.39, 0.29) is 0 Å². The highest BCUT2D eigenvalue weighted by atomic mass is 32.1. The number of para-hydroxylation sites is 1. The van der Waals surface area contributed by atoms with Crippen molar-refractivity contribution < 1.29 is 0 Å². The molecule has 2 aromatic rings. The van der Waals surface area contributed by atoms with Crippen molar-refractivity contribution in [3.63, 3.8) is 0 Å².